The number of carbonyl (C=O) groups is 1. The lowest BCUT2D eigenvalue weighted by Crippen LogP contribution is -2.30. The number of anilines is 1. The fourth-order valence-electron chi connectivity index (χ4n) is 1.45. The van der Waals surface area contributed by atoms with E-state index in [2.05, 4.69) is 5.32 Å². The average Bonchev–Trinajstić information content (AvgIpc) is 2.61. The predicted molar refractivity (Wildman–Crippen MR) is 58.1 cm³/mol. The van der Waals surface area contributed by atoms with Crippen molar-refractivity contribution in [3.63, 3.8) is 0 Å². The van der Waals surface area contributed by atoms with Gasteiger partial charge in [-0.1, -0.05) is 11.6 Å². The molecule has 1 N–H and O–H groups in total. The quantitative estimate of drug-likeness (QED) is 0.837. The molecule has 4 nitrogen and oxygen atoms in total. The topological polar surface area (TPSA) is 41.6 Å². The van der Waals surface area contributed by atoms with E-state index in [4.69, 9.17) is 16.3 Å². The minimum Gasteiger partial charge on any atom is -0.428 e. The Hall–Kier alpha value is -1.26. The van der Waals surface area contributed by atoms with Gasteiger partial charge in [0.25, 0.3) is 0 Å². The number of benzene rings is 1. The van der Waals surface area contributed by atoms with Gasteiger partial charge >= 0.3 is 6.09 Å². The van der Waals surface area contributed by atoms with E-state index >= 15 is 0 Å². The van der Waals surface area contributed by atoms with Crippen molar-refractivity contribution in [2.45, 2.75) is 6.23 Å². The van der Waals surface area contributed by atoms with Gasteiger partial charge in [0.15, 0.2) is 6.23 Å². The second-order valence-electron chi connectivity index (χ2n) is 3.25. The Morgan fingerprint density at radius 2 is 2.13 bits per heavy atom. The summed E-state index contributed by atoms with van der Waals surface area (Å²) in [5.41, 5.74) is 0.794. The average molecular weight is 227 g/mol. The first-order valence-corrected chi connectivity index (χ1v) is 4.99. The van der Waals surface area contributed by atoms with Crippen molar-refractivity contribution in [3.8, 4) is 0 Å². The molecule has 0 bridgehead atoms. The first-order valence-electron chi connectivity index (χ1n) is 4.61. The molecule has 1 aliphatic heterocycles. The van der Waals surface area contributed by atoms with Crippen molar-refractivity contribution in [2.75, 3.05) is 18.5 Å². The lowest BCUT2D eigenvalue weighted by atomic mass is 10.3. The zero-order valence-electron chi connectivity index (χ0n) is 8.24. The Kier molecular flexibility index (Phi) is 2.79. The fourth-order valence-corrected chi connectivity index (χ4v) is 1.57. The van der Waals surface area contributed by atoms with E-state index in [0.717, 1.165) is 5.69 Å². The fraction of sp³-hybridized carbons (Fsp3) is 0.300. The number of nitrogens with one attached hydrogen (secondary N) is 1. The number of cyclic esters (lactones) is 1. The Balaban J connectivity index is 2.18. The van der Waals surface area contributed by atoms with Gasteiger partial charge in [0.1, 0.15) is 0 Å². The van der Waals surface area contributed by atoms with Crippen LogP contribution in [0, 0.1) is 0 Å². The Labute approximate surface area is 92.8 Å². The van der Waals surface area contributed by atoms with Crippen molar-refractivity contribution in [2.24, 2.45) is 0 Å². The maximum Gasteiger partial charge on any atom is 0.416 e. The molecule has 0 saturated carbocycles. The van der Waals surface area contributed by atoms with Crippen LogP contribution >= 0.6 is 11.6 Å². The largest absolute Gasteiger partial charge is 0.428 e. The molecule has 15 heavy (non-hydrogen) atoms. The molecule has 0 aliphatic carbocycles. The molecule has 1 atom stereocenters. The van der Waals surface area contributed by atoms with Crippen LogP contribution in [0.25, 0.3) is 0 Å². The lowest BCUT2D eigenvalue weighted by Gasteiger charge is -2.12. The summed E-state index contributed by atoms with van der Waals surface area (Å²) in [4.78, 5) is 13.0. The van der Waals surface area contributed by atoms with Crippen LogP contribution in [-0.2, 0) is 4.74 Å². The summed E-state index contributed by atoms with van der Waals surface area (Å²) >= 11 is 5.76. The van der Waals surface area contributed by atoms with Gasteiger partial charge in [0.05, 0.1) is 6.54 Å². The number of likely N-dealkylation sites (N-methyl/N-ethyl adjacent to an activating group) is 1. The van der Waals surface area contributed by atoms with E-state index in [1.54, 1.807) is 36.2 Å². The first-order chi connectivity index (χ1) is 7.20. The van der Waals surface area contributed by atoms with Crippen molar-refractivity contribution >= 4 is 23.4 Å². The molecule has 80 valence electrons. The summed E-state index contributed by atoms with van der Waals surface area (Å²) < 4.78 is 5.05. The SMILES string of the molecule is CNC1CN(c2ccc(Cl)cc2)C(=O)O1. The van der Waals surface area contributed by atoms with Gasteiger partial charge in [0.2, 0.25) is 0 Å². The molecule has 1 amide bonds. The molecule has 1 saturated heterocycles. The monoisotopic (exact) mass is 226 g/mol. The summed E-state index contributed by atoms with van der Waals surface area (Å²) in [7, 11) is 1.75. The molecule has 0 spiro atoms. The molecular formula is C10H11ClN2O2. The highest BCUT2D eigenvalue weighted by molar-refractivity contribution is 6.30. The van der Waals surface area contributed by atoms with Gasteiger partial charge in [0, 0.05) is 10.7 Å². The van der Waals surface area contributed by atoms with Crippen LogP contribution in [0.2, 0.25) is 5.02 Å². The molecule has 1 unspecified atom stereocenters. The highest BCUT2D eigenvalue weighted by atomic mass is 35.5. The van der Waals surface area contributed by atoms with Gasteiger partial charge in [-0.2, -0.15) is 0 Å². The second-order valence-corrected chi connectivity index (χ2v) is 3.68. The van der Waals surface area contributed by atoms with E-state index in [1.807, 2.05) is 0 Å². The van der Waals surface area contributed by atoms with Gasteiger partial charge in [-0.05, 0) is 31.3 Å². The van der Waals surface area contributed by atoms with Crippen molar-refractivity contribution in [1.29, 1.82) is 0 Å². The molecule has 1 aromatic rings. The Morgan fingerprint density at radius 3 is 2.67 bits per heavy atom. The minimum absolute atomic E-state index is 0.242. The molecule has 1 aliphatic rings. The van der Waals surface area contributed by atoms with Crippen molar-refractivity contribution in [3.05, 3.63) is 29.3 Å². The minimum atomic E-state index is -0.336. The number of carbonyl (C=O) groups excluding carboxylic acids is 1. The third-order valence-corrected chi connectivity index (χ3v) is 2.52. The van der Waals surface area contributed by atoms with Gasteiger partial charge in [-0.25, -0.2) is 4.79 Å². The smallest absolute Gasteiger partial charge is 0.416 e. The Morgan fingerprint density at radius 1 is 1.47 bits per heavy atom. The maximum atomic E-state index is 11.5. The molecule has 2 rings (SSSR count). The van der Waals surface area contributed by atoms with Gasteiger partial charge < -0.3 is 4.74 Å². The lowest BCUT2D eigenvalue weighted by molar-refractivity contribution is 0.128. The zero-order valence-corrected chi connectivity index (χ0v) is 8.99. The van der Waals surface area contributed by atoms with E-state index in [0.29, 0.717) is 11.6 Å². The van der Waals surface area contributed by atoms with Crippen LogP contribution in [0.15, 0.2) is 24.3 Å². The second kappa shape index (κ2) is 4.08. The number of hydrogen-bond donors (Lipinski definition) is 1. The molecular weight excluding hydrogens is 216 g/mol. The normalized spacial score (nSPS) is 20.5. The summed E-state index contributed by atoms with van der Waals surface area (Å²) in [6, 6.07) is 7.08. The van der Waals surface area contributed by atoms with Gasteiger partial charge in [-0.3, -0.25) is 10.2 Å². The number of nitrogens with zero attached hydrogens (tertiary/aromatic N) is 1. The zero-order chi connectivity index (χ0) is 10.8. The van der Waals surface area contributed by atoms with Crippen LogP contribution in [0.5, 0.6) is 0 Å². The number of halogens is 1. The van der Waals surface area contributed by atoms with Crippen molar-refractivity contribution in [1.82, 2.24) is 5.32 Å². The molecule has 5 heteroatoms. The third-order valence-electron chi connectivity index (χ3n) is 2.27. The number of hydrogen-bond acceptors (Lipinski definition) is 3. The van der Waals surface area contributed by atoms with E-state index in [9.17, 15) is 4.79 Å². The standard InChI is InChI=1S/C10H11ClN2O2/c1-12-9-6-13(10(14)15-9)8-4-2-7(11)3-5-8/h2-5,9,12H,6H2,1H3. The number of ether oxygens (including phenoxy) is 1. The molecule has 0 aromatic heterocycles. The molecule has 1 aromatic carbocycles. The van der Waals surface area contributed by atoms with E-state index in [1.165, 1.54) is 0 Å². The maximum absolute atomic E-state index is 11.5. The van der Waals surface area contributed by atoms with Crippen LogP contribution < -0.4 is 10.2 Å². The predicted octanol–water partition coefficient (Wildman–Crippen LogP) is 1.84. The summed E-state index contributed by atoms with van der Waals surface area (Å²) in [5.74, 6) is 0. The number of rotatable bonds is 2. The Bertz CT molecular complexity index is 366. The first kappa shape index (κ1) is 10.3. The third kappa shape index (κ3) is 2.06. The van der Waals surface area contributed by atoms with Crippen molar-refractivity contribution < 1.29 is 9.53 Å². The summed E-state index contributed by atoms with van der Waals surface area (Å²) in [6.07, 6.45) is -0.579. The summed E-state index contributed by atoms with van der Waals surface area (Å²) in [6.45, 7) is 0.511. The molecule has 1 fully saturated rings. The highest BCUT2D eigenvalue weighted by Crippen LogP contribution is 2.22. The van der Waals surface area contributed by atoms with E-state index < -0.39 is 0 Å². The molecule has 0 radical (unpaired) electrons. The van der Waals surface area contributed by atoms with Crippen LogP contribution in [0.1, 0.15) is 0 Å². The molecule has 1 heterocycles. The van der Waals surface area contributed by atoms with Crippen LogP contribution in [-0.4, -0.2) is 25.9 Å². The van der Waals surface area contributed by atoms with Crippen LogP contribution in [0.3, 0.4) is 0 Å². The number of amides is 1. The van der Waals surface area contributed by atoms with Gasteiger partial charge in [-0.15, -0.1) is 0 Å². The summed E-state index contributed by atoms with van der Waals surface area (Å²) in [5, 5.41) is 3.54. The van der Waals surface area contributed by atoms with Crippen LogP contribution in [0.4, 0.5) is 10.5 Å². The highest BCUT2D eigenvalue weighted by Gasteiger charge is 2.30. The van der Waals surface area contributed by atoms with E-state index in [-0.39, 0.29) is 12.3 Å².